The number of rotatable bonds is 7. The molecule has 2 aromatic heterocycles. The Balaban J connectivity index is 1.75. The lowest BCUT2D eigenvalue weighted by Gasteiger charge is -2.14. The van der Waals surface area contributed by atoms with Gasteiger partial charge in [-0.1, -0.05) is 17.8 Å². The highest BCUT2D eigenvalue weighted by Gasteiger charge is 2.26. The van der Waals surface area contributed by atoms with Crippen molar-refractivity contribution in [1.29, 1.82) is 0 Å². The maximum Gasteiger partial charge on any atom is 0.349 e. The summed E-state index contributed by atoms with van der Waals surface area (Å²) in [5.74, 6) is -10.4. The van der Waals surface area contributed by atoms with Gasteiger partial charge in [-0.2, -0.15) is 0 Å². The van der Waals surface area contributed by atoms with Crippen molar-refractivity contribution in [1.82, 2.24) is 15.0 Å². The summed E-state index contributed by atoms with van der Waals surface area (Å²) in [6, 6.07) is 4.22. The summed E-state index contributed by atoms with van der Waals surface area (Å²) in [6.45, 7) is -1.08. The highest BCUT2D eigenvalue weighted by molar-refractivity contribution is 7.99. The number of hydrogen-bond donors (Lipinski definition) is 4. The van der Waals surface area contributed by atoms with Crippen LogP contribution in [0.4, 0.5) is 22.0 Å². The Labute approximate surface area is 202 Å². The minimum absolute atomic E-state index is 0.0221. The molecule has 0 aliphatic carbocycles. The van der Waals surface area contributed by atoms with E-state index in [0.29, 0.717) is 21.1 Å². The van der Waals surface area contributed by atoms with Gasteiger partial charge in [-0.15, -0.1) is 0 Å². The molecule has 0 saturated carbocycles. The van der Waals surface area contributed by atoms with Crippen LogP contribution in [0.2, 0.25) is 0 Å². The smallest absolute Gasteiger partial charge is 0.349 e. The molecule has 4 rings (SSSR count). The van der Waals surface area contributed by atoms with Gasteiger partial charge in [0.2, 0.25) is 5.82 Å². The third kappa shape index (κ3) is 5.07. The molecule has 4 N–H and O–H groups in total. The topological polar surface area (TPSA) is 128 Å². The maximum absolute atomic E-state index is 14.1. The normalized spacial score (nSPS) is 12.1. The molecule has 2 aromatic carbocycles. The van der Waals surface area contributed by atoms with E-state index in [1.54, 1.807) is 0 Å². The molecule has 36 heavy (non-hydrogen) atoms. The van der Waals surface area contributed by atoms with Crippen LogP contribution in [0.1, 0.15) is 11.1 Å². The summed E-state index contributed by atoms with van der Waals surface area (Å²) in [4.78, 5) is 40.4. The van der Waals surface area contributed by atoms with Crippen molar-refractivity contribution >= 4 is 36.5 Å². The van der Waals surface area contributed by atoms with Crippen LogP contribution in [0.15, 0.2) is 51.1 Å². The highest BCUT2D eigenvalue weighted by Crippen LogP contribution is 2.42. The van der Waals surface area contributed by atoms with Gasteiger partial charge in [0.25, 0.3) is 5.56 Å². The van der Waals surface area contributed by atoms with Gasteiger partial charge in [0.15, 0.2) is 23.3 Å². The lowest BCUT2D eigenvalue weighted by atomic mass is 10.1. The van der Waals surface area contributed by atoms with E-state index in [2.05, 4.69) is 15.0 Å². The quantitative estimate of drug-likeness (QED) is 0.113. The number of aromatic amines is 2. The first-order valence-electron chi connectivity index (χ1n) is 9.71. The number of H-pyrrole nitrogens is 2. The maximum atomic E-state index is 14.1. The Kier molecular flexibility index (Phi) is 7.05. The second kappa shape index (κ2) is 9.90. The summed E-state index contributed by atoms with van der Waals surface area (Å²) in [5, 5.41) is 0. The molecule has 0 amide bonds. The van der Waals surface area contributed by atoms with Gasteiger partial charge in [-0.25, -0.2) is 26.9 Å². The van der Waals surface area contributed by atoms with Gasteiger partial charge in [-0.05, 0) is 18.2 Å². The number of nitrogens with zero attached hydrogens (tertiary/aromatic N) is 1. The molecule has 188 valence electrons. The molecule has 0 saturated heterocycles. The summed E-state index contributed by atoms with van der Waals surface area (Å²) in [5.41, 5.74) is -1.18. The molecule has 0 bridgehead atoms. The molecular weight excluding hydrogens is 532 g/mol. The van der Waals surface area contributed by atoms with E-state index in [-0.39, 0.29) is 16.8 Å². The van der Waals surface area contributed by atoms with Gasteiger partial charge in [-0.3, -0.25) is 9.36 Å². The lowest BCUT2D eigenvalue weighted by Crippen LogP contribution is -2.10. The predicted octanol–water partition coefficient (Wildman–Crippen LogP) is 4.83. The number of halogens is 5. The molecule has 0 spiro atoms. The number of aromatic nitrogens is 3. The monoisotopic (exact) mass is 545 g/mol. The van der Waals surface area contributed by atoms with Crippen LogP contribution >= 0.6 is 19.4 Å². The van der Waals surface area contributed by atoms with Gasteiger partial charge >= 0.3 is 7.60 Å². The highest BCUT2D eigenvalue weighted by atomic mass is 32.2. The average Bonchev–Trinajstić information content (AvgIpc) is 3.24. The Bertz CT molecular complexity index is 1590. The van der Waals surface area contributed by atoms with E-state index in [1.807, 2.05) is 0 Å². The van der Waals surface area contributed by atoms with Crippen LogP contribution in [-0.4, -0.2) is 24.7 Å². The Morgan fingerprint density at radius 3 is 2.33 bits per heavy atom. The Morgan fingerprint density at radius 2 is 1.67 bits per heavy atom. The van der Waals surface area contributed by atoms with Crippen molar-refractivity contribution < 1.29 is 41.0 Å². The van der Waals surface area contributed by atoms with Crippen LogP contribution in [0.3, 0.4) is 0 Å². The predicted molar refractivity (Wildman–Crippen MR) is 119 cm³/mol. The molecule has 8 nitrogen and oxygen atoms in total. The van der Waals surface area contributed by atoms with Crippen molar-refractivity contribution in [3.05, 3.63) is 87.1 Å². The Morgan fingerprint density at radius 1 is 1.00 bits per heavy atom. The SMILES string of the molecule is O=c1[nH]cnc2c(Sc3cccc(OCc4c(F)c(F)c(F)c(F)c4F)c3/C=C/P(=O)(O)O)c[nH]c12. The minimum atomic E-state index is -4.67. The first-order chi connectivity index (χ1) is 17.0. The first-order valence-corrected chi connectivity index (χ1v) is 12.2. The number of nitrogens with one attached hydrogen (secondary N) is 2. The standard InChI is InChI=1S/C21H13F5N3O5PS/c22-14-10(15(23)17(25)18(26)16(14)24)7-34-11-2-1-3-12(9(11)4-5-35(31,32)33)36-13-6-27-20-19(13)28-8-29-21(20)30/h1-6,8,27H,7H2,(H,28,29,30)(H2,31,32,33)/b5-4+. The van der Waals surface area contributed by atoms with Crippen molar-refractivity contribution in [2.24, 2.45) is 0 Å². The molecule has 0 atom stereocenters. The minimum Gasteiger partial charge on any atom is -0.488 e. The van der Waals surface area contributed by atoms with E-state index in [1.165, 1.54) is 30.7 Å². The van der Waals surface area contributed by atoms with Crippen LogP contribution < -0.4 is 10.3 Å². The van der Waals surface area contributed by atoms with Gasteiger partial charge in [0, 0.05) is 22.5 Å². The van der Waals surface area contributed by atoms with Gasteiger partial charge < -0.3 is 24.5 Å². The number of benzene rings is 2. The largest absolute Gasteiger partial charge is 0.488 e. The zero-order valence-electron chi connectivity index (χ0n) is 17.6. The molecule has 15 heteroatoms. The second-order valence-corrected chi connectivity index (χ2v) is 9.68. The zero-order valence-corrected chi connectivity index (χ0v) is 19.3. The third-order valence-corrected chi connectivity index (χ3v) is 6.43. The van der Waals surface area contributed by atoms with Crippen LogP contribution in [0.5, 0.6) is 5.75 Å². The first kappa shape index (κ1) is 25.6. The Hall–Kier alpha value is -3.45. The number of ether oxygens (including phenoxy) is 1. The molecule has 0 aliphatic rings. The van der Waals surface area contributed by atoms with Crippen LogP contribution in [0.25, 0.3) is 17.1 Å². The molecule has 2 heterocycles. The lowest BCUT2D eigenvalue weighted by molar-refractivity contribution is 0.278. The summed E-state index contributed by atoms with van der Waals surface area (Å²) >= 11 is 1.01. The molecule has 0 aliphatic heterocycles. The fourth-order valence-electron chi connectivity index (χ4n) is 3.12. The van der Waals surface area contributed by atoms with Crippen molar-refractivity contribution in [2.75, 3.05) is 0 Å². The summed E-state index contributed by atoms with van der Waals surface area (Å²) < 4.78 is 85.3. The van der Waals surface area contributed by atoms with E-state index in [4.69, 9.17) is 4.74 Å². The van der Waals surface area contributed by atoms with E-state index < -0.39 is 54.4 Å². The second-order valence-electron chi connectivity index (χ2n) is 7.12. The molecule has 0 radical (unpaired) electrons. The van der Waals surface area contributed by atoms with E-state index in [9.17, 15) is 41.1 Å². The molecule has 0 unspecified atom stereocenters. The number of fused-ring (bicyclic) bond motifs is 1. The fraction of sp³-hybridized carbons (Fsp3) is 0.0476. The van der Waals surface area contributed by atoms with Crippen molar-refractivity contribution in [3.8, 4) is 5.75 Å². The van der Waals surface area contributed by atoms with Gasteiger partial charge in [0.05, 0.1) is 16.8 Å². The van der Waals surface area contributed by atoms with Crippen LogP contribution in [0, 0.1) is 29.1 Å². The zero-order chi connectivity index (χ0) is 26.2. The third-order valence-electron chi connectivity index (χ3n) is 4.79. The molecule has 4 aromatic rings. The van der Waals surface area contributed by atoms with Gasteiger partial charge in [0.1, 0.15) is 23.4 Å². The summed E-state index contributed by atoms with van der Waals surface area (Å²) in [6.07, 6.45) is 3.64. The summed E-state index contributed by atoms with van der Waals surface area (Å²) in [7, 11) is -4.67. The van der Waals surface area contributed by atoms with Crippen molar-refractivity contribution in [2.45, 2.75) is 16.4 Å². The van der Waals surface area contributed by atoms with E-state index in [0.717, 1.165) is 17.8 Å². The van der Waals surface area contributed by atoms with Crippen molar-refractivity contribution in [3.63, 3.8) is 0 Å². The van der Waals surface area contributed by atoms with E-state index >= 15 is 0 Å². The average molecular weight is 545 g/mol. The number of hydrogen-bond acceptors (Lipinski definition) is 5. The molecule has 0 fully saturated rings. The van der Waals surface area contributed by atoms with Crippen LogP contribution in [-0.2, 0) is 11.2 Å². The fourth-order valence-corrected chi connectivity index (χ4v) is 4.50. The molecular formula is C21H13F5N3O5PS.